The fraction of sp³-hybridized carbons (Fsp3) is 0.846. The fourth-order valence-corrected chi connectivity index (χ4v) is 3.06. The molecule has 8 heteroatoms. The first-order valence-electron chi connectivity index (χ1n) is 12.5. The molecule has 0 fully saturated rings. The number of rotatable bonds is 14. The standard InChI is InChI=1S/C26H46O8/c1-9-11-13-15-19(21(27)33-25(3,4)5)17-31-23(29)24(30)32-18-20(16-14-12-10-2)22(28)34-26(6,7)8/h19-20H,9-18H2,1-8H3. The molecule has 0 N–H and O–H groups in total. The van der Waals surface area contributed by atoms with E-state index in [-0.39, 0.29) is 13.2 Å². The Hall–Kier alpha value is -2.12. The normalized spacial score (nSPS) is 13.5. The van der Waals surface area contributed by atoms with Crippen molar-refractivity contribution in [3.63, 3.8) is 0 Å². The lowest BCUT2D eigenvalue weighted by molar-refractivity contribution is -0.175. The molecule has 8 nitrogen and oxygen atoms in total. The summed E-state index contributed by atoms with van der Waals surface area (Å²) in [6, 6.07) is 0. The van der Waals surface area contributed by atoms with Crippen molar-refractivity contribution in [2.75, 3.05) is 13.2 Å². The molecule has 0 aromatic heterocycles. The average molecular weight is 487 g/mol. The Morgan fingerprint density at radius 1 is 0.588 bits per heavy atom. The third-order valence-electron chi connectivity index (χ3n) is 4.79. The molecule has 0 aliphatic carbocycles. The van der Waals surface area contributed by atoms with Crippen molar-refractivity contribution in [1.82, 2.24) is 0 Å². The highest BCUT2D eigenvalue weighted by molar-refractivity contribution is 6.29. The molecule has 0 aliphatic heterocycles. The Labute approximate surface area is 205 Å². The van der Waals surface area contributed by atoms with Crippen LogP contribution in [0.15, 0.2) is 0 Å². The molecule has 2 unspecified atom stereocenters. The van der Waals surface area contributed by atoms with Gasteiger partial charge >= 0.3 is 23.9 Å². The van der Waals surface area contributed by atoms with E-state index >= 15 is 0 Å². The van der Waals surface area contributed by atoms with Crippen LogP contribution in [-0.2, 0) is 38.1 Å². The van der Waals surface area contributed by atoms with Crippen LogP contribution in [-0.4, -0.2) is 48.3 Å². The molecular weight excluding hydrogens is 440 g/mol. The molecule has 0 saturated heterocycles. The van der Waals surface area contributed by atoms with Crippen LogP contribution < -0.4 is 0 Å². The van der Waals surface area contributed by atoms with Gasteiger partial charge in [0.15, 0.2) is 0 Å². The maximum absolute atomic E-state index is 12.5. The van der Waals surface area contributed by atoms with Gasteiger partial charge in [-0.15, -0.1) is 0 Å². The molecule has 0 saturated carbocycles. The van der Waals surface area contributed by atoms with Gasteiger partial charge in [-0.3, -0.25) is 9.59 Å². The van der Waals surface area contributed by atoms with Crippen LogP contribution in [0.25, 0.3) is 0 Å². The molecule has 34 heavy (non-hydrogen) atoms. The summed E-state index contributed by atoms with van der Waals surface area (Å²) in [6.07, 6.45) is 6.34. The van der Waals surface area contributed by atoms with E-state index in [4.69, 9.17) is 18.9 Å². The van der Waals surface area contributed by atoms with Crippen LogP contribution in [0.1, 0.15) is 107 Å². The fourth-order valence-electron chi connectivity index (χ4n) is 3.06. The van der Waals surface area contributed by atoms with Crippen molar-refractivity contribution < 1.29 is 38.1 Å². The van der Waals surface area contributed by atoms with E-state index in [0.717, 1.165) is 38.5 Å². The molecule has 0 aliphatic rings. The molecule has 0 heterocycles. The molecule has 198 valence electrons. The smallest absolute Gasteiger partial charge is 0.417 e. The minimum absolute atomic E-state index is 0.265. The van der Waals surface area contributed by atoms with Gasteiger partial charge in [-0.25, -0.2) is 9.59 Å². The summed E-state index contributed by atoms with van der Waals surface area (Å²) >= 11 is 0. The van der Waals surface area contributed by atoms with E-state index in [1.54, 1.807) is 41.5 Å². The predicted molar refractivity (Wildman–Crippen MR) is 129 cm³/mol. The summed E-state index contributed by atoms with van der Waals surface area (Å²) < 4.78 is 21.0. The summed E-state index contributed by atoms with van der Waals surface area (Å²) in [5.41, 5.74) is -1.34. The van der Waals surface area contributed by atoms with E-state index in [2.05, 4.69) is 0 Å². The second-order valence-corrected chi connectivity index (χ2v) is 10.6. The van der Waals surface area contributed by atoms with Crippen LogP contribution >= 0.6 is 0 Å². The first-order chi connectivity index (χ1) is 15.7. The summed E-state index contributed by atoms with van der Waals surface area (Å²) in [7, 11) is 0. The van der Waals surface area contributed by atoms with Crippen LogP contribution in [0.5, 0.6) is 0 Å². The third kappa shape index (κ3) is 15.7. The van der Waals surface area contributed by atoms with Crippen molar-refractivity contribution in [3.05, 3.63) is 0 Å². The van der Waals surface area contributed by atoms with Crippen molar-refractivity contribution in [3.8, 4) is 0 Å². The van der Waals surface area contributed by atoms with E-state index in [1.165, 1.54) is 0 Å². The molecule has 2 atom stereocenters. The maximum Gasteiger partial charge on any atom is 0.417 e. The lowest BCUT2D eigenvalue weighted by Gasteiger charge is -2.24. The zero-order chi connectivity index (χ0) is 26.4. The molecule has 0 aromatic rings. The SMILES string of the molecule is CCCCCC(COC(=O)C(=O)OCC(CCCCC)C(=O)OC(C)(C)C)C(=O)OC(C)(C)C. The van der Waals surface area contributed by atoms with Gasteiger partial charge in [0, 0.05) is 0 Å². The van der Waals surface area contributed by atoms with Gasteiger partial charge in [0.25, 0.3) is 0 Å². The van der Waals surface area contributed by atoms with Crippen LogP contribution in [0.2, 0.25) is 0 Å². The first-order valence-corrected chi connectivity index (χ1v) is 12.5. The number of hydrogen-bond donors (Lipinski definition) is 0. The summed E-state index contributed by atoms with van der Waals surface area (Å²) in [5, 5.41) is 0. The Bertz CT molecular complexity index is 586. The van der Waals surface area contributed by atoms with Crippen molar-refractivity contribution in [2.24, 2.45) is 11.8 Å². The number of ether oxygens (including phenoxy) is 4. The van der Waals surface area contributed by atoms with Gasteiger partial charge in [0.2, 0.25) is 0 Å². The van der Waals surface area contributed by atoms with E-state index in [1.807, 2.05) is 13.8 Å². The van der Waals surface area contributed by atoms with Gasteiger partial charge < -0.3 is 18.9 Å². The second kappa shape index (κ2) is 15.7. The summed E-state index contributed by atoms with van der Waals surface area (Å²) in [4.78, 5) is 49.4. The molecule has 0 spiro atoms. The highest BCUT2D eigenvalue weighted by atomic mass is 16.6. The molecular formula is C26H46O8. The van der Waals surface area contributed by atoms with Gasteiger partial charge in [-0.05, 0) is 54.4 Å². The van der Waals surface area contributed by atoms with E-state index in [9.17, 15) is 19.2 Å². The van der Waals surface area contributed by atoms with Crippen LogP contribution in [0.4, 0.5) is 0 Å². The van der Waals surface area contributed by atoms with Crippen molar-refractivity contribution in [2.45, 2.75) is 118 Å². The molecule has 0 aromatic carbocycles. The third-order valence-corrected chi connectivity index (χ3v) is 4.79. The summed E-state index contributed by atoms with van der Waals surface area (Å²) in [5.74, 6) is -4.64. The minimum atomic E-state index is -1.19. The van der Waals surface area contributed by atoms with Gasteiger partial charge in [-0.1, -0.05) is 52.4 Å². The second-order valence-electron chi connectivity index (χ2n) is 10.6. The van der Waals surface area contributed by atoms with Crippen molar-refractivity contribution >= 4 is 23.9 Å². The van der Waals surface area contributed by atoms with Crippen molar-refractivity contribution in [1.29, 1.82) is 0 Å². The molecule has 0 bridgehead atoms. The lowest BCUT2D eigenvalue weighted by Crippen LogP contribution is -2.34. The predicted octanol–water partition coefficient (Wildman–Crippen LogP) is 5.15. The zero-order valence-electron chi connectivity index (χ0n) is 22.5. The zero-order valence-corrected chi connectivity index (χ0v) is 22.5. The largest absolute Gasteiger partial charge is 0.460 e. The monoisotopic (exact) mass is 486 g/mol. The van der Waals surface area contributed by atoms with Gasteiger partial charge in [-0.2, -0.15) is 0 Å². The Morgan fingerprint density at radius 2 is 0.912 bits per heavy atom. The lowest BCUT2D eigenvalue weighted by atomic mass is 10.0. The Morgan fingerprint density at radius 3 is 1.18 bits per heavy atom. The Balaban J connectivity index is 4.92. The Kier molecular flexibility index (Phi) is 14.7. The van der Waals surface area contributed by atoms with E-state index in [0.29, 0.717) is 12.8 Å². The number of carbonyl (C=O) groups excluding carboxylic acids is 4. The topological polar surface area (TPSA) is 105 Å². The quantitative estimate of drug-likeness (QED) is 0.144. The minimum Gasteiger partial charge on any atom is -0.460 e. The number of carbonyl (C=O) groups is 4. The molecule has 0 radical (unpaired) electrons. The average Bonchev–Trinajstić information content (AvgIpc) is 2.69. The highest BCUT2D eigenvalue weighted by Crippen LogP contribution is 2.19. The van der Waals surface area contributed by atoms with Gasteiger partial charge in [0.1, 0.15) is 24.4 Å². The van der Waals surface area contributed by atoms with Crippen LogP contribution in [0, 0.1) is 11.8 Å². The maximum atomic E-state index is 12.5. The first kappa shape index (κ1) is 31.9. The molecule has 0 rings (SSSR count). The summed E-state index contributed by atoms with van der Waals surface area (Å²) in [6.45, 7) is 14.1. The molecule has 0 amide bonds. The van der Waals surface area contributed by atoms with E-state index < -0.39 is 46.9 Å². The van der Waals surface area contributed by atoms with Crippen LogP contribution in [0.3, 0.4) is 0 Å². The highest BCUT2D eigenvalue weighted by Gasteiger charge is 2.30. The van der Waals surface area contributed by atoms with Gasteiger partial charge in [0.05, 0.1) is 11.8 Å². The number of hydrogen-bond acceptors (Lipinski definition) is 8. The number of esters is 4. The number of unbranched alkanes of at least 4 members (excludes halogenated alkanes) is 4.